The quantitative estimate of drug-likeness (QED) is 0.321. The van der Waals surface area contributed by atoms with Crippen molar-refractivity contribution in [1.29, 1.82) is 0 Å². The van der Waals surface area contributed by atoms with E-state index in [1.165, 1.54) is 30.5 Å². The highest BCUT2D eigenvalue weighted by Crippen LogP contribution is 2.31. The van der Waals surface area contributed by atoms with Gasteiger partial charge in [0.15, 0.2) is 11.5 Å². The van der Waals surface area contributed by atoms with Gasteiger partial charge in [-0.15, -0.1) is 6.58 Å². The monoisotopic (exact) mass is 369 g/mol. The Labute approximate surface area is 155 Å². The van der Waals surface area contributed by atoms with Gasteiger partial charge in [0, 0.05) is 23.3 Å². The number of non-ortho nitro benzene ring substituents is 1. The number of ether oxygens (including phenoxy) is 1. The maximum absolute atomic E-state index is 12.0. The summed E-state index contributed by atoms with van der Waals surface area (Å²) in [5, 5.41) is 24.7. The number of amides is 1. The molecule has 0 saturated heterocycles. The van der Waals surface area contributed by atoms with Crippen molar-refractivity contribution in [3.63, 3.8) is 0 Å². The minimum atomic E-state index is -0.540. The van der Waals surface area contributed by atoms with Gasteiger partial charge >= 0.3 is 0 Å². The number of rotatable bonds is 8. The number of carbonyl (C=O) groups is 1. The van der Waals surface area contributed by atoms with Crippen molar-refractivity contribution in [3.05, 3.63) is 75.9 Å². The number of allylic oxidation sites excluding steroid dienone is 1. The number of nitrogens with one attached hydrogen (secondary N) is 1. The van der Waals surface area contributed by atoms with Crippen LogP contribution in [0.5, 0.6) is 11.5 Å². The molecule has 0 spiro atoms. The van der Waals surface area contributed by atoms with Gasteiger partial charge in [-0.25, -0.2) is 5.43 Å². The molecule has 27 heavy (non-hydrogen) atoms. The summed E-state index contributed by atoms with van der Waals surface area (Å²) in [5.74, 6) is -0.139. The number of hydrazone groups is 1. The predicted molar refractivity (Wildman–Crippen MR) is 101 cm³/mol. The summed E-state index contributed by atoms with van der Waals surface area (Å²) in [6.45, 7) is 5.84. The van der Waals surface area contributed by atoms with Crippen molar-refractivity contribution in [2.24, 2.45) is 5.10 Å². The molecule has 0 saturated carbocycles. The number of nitro benzene ring substituents is 1. The van der Waals surface area contributed by atoms with Crippen LogP contribution in [0.3, 0.4) is 0 Å². The van der Waals surface area contributed by atoms with Crippen LogP contribution in [0.15, 0.2) is 54.2 Å². The van der Waals surface area contributed by atoms with E-state index in [4.69, 9.17) is 4.74 Å². The molecule has 1 amide bonds. The van der Waals surface area contributed by atoms with Crippen molar-refractivity contribution in [1.82, 2.24) is 5.43 Å². The highest BCUT2D eigenvalue weighted by atomic mass is 16.6. The minimum Gasteiger partial charge on any atom is -0.504 e. The second-order valence-corrected chi connectivity index (χ2v) is 5.46. The van der Waals surface area contributed by atoms with Crippen LogP contribution in [-0.2, 0) is 6.42 Å². The topological polar surface area (TPSA) is 114 Å². The molecular weight excluding hydrogens is 350 g/mol. The first-order valence-corrected chi connectivity index (χ1v) is 8.13. The van der Waals surface area contributed by atoms with Crippen molar-refractivity contribution < 1.29 is 19.6 Å². The Morgan fingerprint density at radius 2 is 2.07 bits per heavy atom. The van der Waals surface area contributed by atoms with Gasteiger partial charge in [0.25, 0.3) is 11.6 Å². The van der Waals surface area contributed by atoms with Crippen molar-refractivity contribution in [3.8, 4) is 11.5 Å². The number of carbonyl (C=O) groups excluding carboxylic acids is 1. The lowest BCUT2D eigenvalue weighted by Crippen LogP contribution is -2.17. The smallest absolute Gasteiger partial charge is 0.271 e. The average Bonchev–Trinajstić information content (AvgIpc) is 2.65. The SMILES string of the molecule is C=CCc1cc(/C=N/NC(=O)c2ccc([N+](=O)[O-])cc2)cc(OCC)c1O. The molecule has 2 rings (SSSR count). The molecule has 0 fully saturated rings. The van der Waals surface area contributed by atoms with Crippen LogP contribution in [0.4, 0.5) is 5.69 Å². The first-order chi connectivity index (χ1) is 13.0. The zero-order valence-corrected chi connectivity index (χ0v) is 14.7. The van der Waals surface area contributed by atoms with Gasteiger partial charge in [-0.05, 0) is 43.2 Å². The van der Waals surface area contributed by atoms with Gasteiger partial charge in [-0.1, -0.05) is 6.08 Å². The zero-order chi connectivity index (χ0) is 19.8. The van der Waals surface area contributed by atoms with Gasteiger partial charge in [0.2, 0.25) is 0 Å². The second kappa shape index (κ2) is 9.14. The van der Waals surface area contributed by atoms with E-state index in [1.807, 2.05) is 0 Å². The normalized spacial score (nSPS) is 10.6. The zero-order valence-electron chi connectivity index (χ0n) is 14.7. The number of nitro groups is 1. The summed E-state index contributed by atoms with van der Waals surface area (Å²) in [7, 11) is 0. The summed E-state index contributed by atoms with van der Waals surface area (Å²) in [5.41, 5.74) is 3.74. The molecule has 0 unspecified atom stereocenters. The first-order valence-electron chi connectivity index (χ1n) is 8.13. The Hall–Kier alpha value is -3.68. The van der Waals surface area contributed by atoms with Crippen LogP contribution >= 0.6 is 0 Å². The number of aromatic hydroxyl groups is 1. The molecule has 0 aromatic heterocycles. The predicted octanol–water partition coefficient (Wildman–Crippen LogP) is 3.19. The lowest BCUT2D eigenvalue weighted by Gasteiger charge is -2.10. The fraction of sp³-hybridized carbons (Fsp3) is 0.158. The molecule has 0 aliphatic heterocycles. The molecule has 0 aliphatic rings. The Kier molecular flexibility index (Phi) is 6.65. The highest BCUT2D eigenvalue weighted by molar-refractivity contribution is 5.95. The third kappa shape index (κ3) is 5.15. The van der Waals surface area contributed by atoms with Crippen molar-refractivity contribution >= 4 is 17.8 Å². The summed E-state index contributed by atoms with van der Waals surface area (Å²) in [4.78, 5) is 22.1. The average molecular weight is 369 g/mol. The molecule has 0 atom stereocenters. The van der Waals surface area contributed by atoms with E-state index in [-0.39, 0.29) is 17.0 Å². The van der Waals surface area contributed by atoms with Crippen LogP contribution in [0.25, 0.3) is 0 Å². The van der Waals surface area contributed by atoms with E-state index in [1.54, 1.807) is 25.1 Å². The van der Waals surface area contributed by atoms with Crippen LogP contribution in [-0.4, -0.2) is 28.8 Å². The number of benzene rings is 2. The fourth-order valence-electron chi connectivity index (χ4n) is 2.30. The van der Waals surface area contributed by atoms with Crippen molar-refractivity contribution in [2.45, 2.75) is 13.3 Å². The molecule has 0 radical (unpaired) electrons. The number of phenols is 1. The molecule has 140 valence electrons. The Morgan fingerprint density at radius 1 is 1.37 bits per heavy atom. The third-order valence-electron chi connectivity index (χ3n) is 3.56. The molecular formula is C19H19N3O5. The third-order valence-corrected chi connectivity index (χ3v) is 3.56. The van der Waals surface area contributed by atoms with E-state index < -0.39 is 10.8 Å². The molecule has 2 N–H and O–H groups in total. The summed E-state index contributed by atoms with van der Waals surface area (Å²) in [6, 6.07) is 8.49. The Bertz CT molecular complexity index is 876. The van der Waals surface area contributed by atoms with Crippen LogP contribution < -0.4 is 10.2 Å². The first kappa shape index (κ1) is 19.6. The highest BCUT2D eigenvalue weighted by Gasteiger charge is 2.11. The molecule has 0 heterocycles. The molecule has 2 aromatic carbocycles. The molecule has 0 bridgehead atoms. The lowest BCUT2D eigenvalue weighted by molar-refractivity contribution is -0.384. The lowest BCUT2D eigenvalue weighted by atomic mass is 10.1. The standard InChI is InChI=1S/C19H19N3O5/c1-3-5-15-10-13(11-17(18(15)23)27-4-2)12-20-21-19(24)14-6-8-16(9-7-14)22(25)26/h3,6-12,23H,1,4-5H2,2H3,(H,21,24)/b20-12+. The van der Waals surface area contributed by atoms with Gasteiger partial charge in [-0.3, -0.25) is 14.9 Å². The van der Waals surface area contributed by atoms with Gasteiger partial charge < -0.3 is 9.84 Å². The minimum absolute atomic E-state index is 0.0452. The van der Waals surface area contributed by atoms with Crippen LogP contribution in [0, 0.1) is 10.1 Å². The summed E-state index contributed by atoms with van der Waals surface area (Å²) >= 11 is 0. The fourth-order valence-corrected chi connectivity index (χ4v) is 2.30. The second-order valence-electron chi connectivity index (χ2n) is 5.46. The number of hydrogen-bond donors (Lipinski definition) is 2. The Morgan fingerprint density at radius 3 is 2.67 bits per heavy atom. The van der Waals surface area contributed by atoms with E-state index in [9.17, 15) is 20.0 Å². The summed E-state index contributed by atoms with van der Waals surface area (Å²) < 4.78 is 5.40. The largest absolute Gasteiger partial charge is 0.504 e. The van der Waals surface area contributed by atoms with Gasteiger partial charge in [0.1, 0.15) is 0 Å². The molecule has 8 heteroatoms. The number of nitrogens with zero attached hydrogens (tertiary/aromatic N) is 2. The van der Waals surface area contributed by atoms with Crippen molar-refractivity contribution in [2.75, 3.05) is 6.61 Å². The maximum atomic E-state index is 12.0. The molecule has 2 aromatic rings. The maximum Gasteiger partial charge on any atom is 0.271 e. The molecule has 8 nitrogen and oxygen atoms in total. The van der Waals surface area contributed by atoms with Gasteiger partial charge in [-0.2, -0.15) is 5.10 Å². The number of phenolic OH excluding ortho intramolecular Hbond substituents is 1. The van der Waals surface area contributed by atoms with E-state index in [2.05, 4.69) is 17.1 Å². The summed E-state index contributed by atoms with van der Waals surface area (Å²) in [6.07, 6.45) is 3.52. The Balaban J connectivity index is 2.13. The van der Waals surface area contributed by atoms with Crippen LogP contribution in [0.1, 0.15) is 28.4 Å². The molecule has 0 aliphatic carbocycles. The van der Waals surface area contributed by atoms with E-state index in [0.717, 1.165) is 0 Å². The number of hydrogen-bond acceptors (Lipinski definition) is 6. The van der Waals surface area contributed by atoms with E-state index >= 15 is 0 Å². The van der Waals surface area contributed by atoms with E-state index in [0.29, 0.717) is 29.9 Å². The van der Waals surface area contributed by atoms with Crippen LogP contribution in [0.2, 0.25) is 0 Å². The van der Waals surface area contributed by atoms with Gasteiger partial charge in [0.05, 0.1) is 17.7 Å².